The van der Waals surface area contributed by atoms with E-state index in [-0.39, 0.29) is 17.8 Å². The van der Waals surface area contributed by atoms with Crippen LogP contribution in [0.4, 0.5) is 15.8 Å². The summed E-state index contributed by atoms with van der Waals surface area (Å²) in [5.74, 6) is 0.0807. The lowest BCUT2D eigenvalue weighted by molar-refractivity contribution is -0.118. The quantitative estimate of drug-likeness (QED) is 0.847. The summed E-state index contributed by atoms with van der Waals surface area (Å²) in [5.41, 5.74) is 2.83. The minimum atomic E-state index is -0.336. The molecule has 1 saturated heterocycles. The van der Waals surface area contributed by atoms with Gasteiger partial charge in [-0.05, 0) is 30.2 Å². The van der Waals surface area contributed by atoms with Gasteiger partial charge >= 0.3 is 0 Å². The molecule has 0 saturated carbocycles. The number of carbonyl (C=O) groups is 1. The summed E-state index contributed by atoms with van der Waals surface area (Å²) in [6, 6.07) is 14.6. The Kier molecular flexibility index (Phi) is 3.33. The largest absolute Gasteiger partial charge is 0.359 e. The summed E-state index contributed by atoms with van der Waals surface area (Å²) >= 11 is 0. The molecule has 1 fully saturated rings. The van der Waals surface area contributed by atoms with Crippen LogP contribution in [0.15, 0.2) is 48.5 Å². The monoisotopic (exact) mass is 310 g/mol. The van der Waals surface area contributed by atoms with Gasteiger partial charge in [0.25, 0.3) is 0 Å². The molecule has 0 aliphatic carbocycles. The fourth-order valence-corrected chi connectivity index (χ4v) is 3.82. The molecular formula is C19H19FN2O. The van der Waals surface area contributed by atoms with E-state index in [2.05, 4.69) is 24.0 Å². The molecule has 2 aliphatic rings. The molecule has 0 radical (unpaired) electrons. The Bertz CT molecular complexity index is 761. The van der Waals surface area contributed by atoms with Gasteiger partial charge in [-0.2, -0.15) is 0 Å². The lowest BCUT2D eigenvalue weighted by atomic mass is 10.0. The van der Waals surface area contributed by atoms with E-state index in [0.717, 1.165) is 18.7 Å². The van der Waals surface area contributed by atoms with E-state index < -0.39 is 0 Å². The molecular weight excluding hydrogens is 291 g/mol. The molecule has 2 atom stereocenters. The van der Waals surface area contributed by atoms with Crippen LogP contribution < -0.4 is 9.80 Å². The van der Waals surface area contributed by atoms with Crippen molar-refractivity contribution in [3.63, 3.8) is 0 Å². The third-order valence-corrected chi connectivity index (χ3v) is 4.94. The van der Waals surface area contributed by atoms with E-state index in [0.29, 0.717) is 18.2 Å². The molecule has 0 aromatic heterocycles. The smallest absolute Gasteiger partial charge is 0.249 e. The van der Waals surface area contributed by atoms with Crippen molar-refractivity contribution in [2.45, 2.75) is 25.3 Å². The number of nitrogens with zero attached hydrogens (tertiary/aromatic N) is 2. The Morgan fingerprint density at radius 1 is 1.04 bits per heavy atom. The predicted molar refractivity (Wildman–Crippen MR) is 89.4 cm³/mol. The van der Waals surface area contributed by atoms with Crippen LogP contribution in [0.2, 0.25) is 0 Å². The SMILES string of the molecule is CC1CN(C2CCN(c3ccccc3F)C2=O)c2ccccc21. The molecule has 2 aliphatic heterocycles. The van der Waals surface area contributed by atoms with Gasteiger partial charge < -0.3 is 9.80 Å². The van der Waals surface area contributed by atoms with E-state index in [1.54, 1.807) is 23.1 Å². The average Bonchev–Trinajstić information content (AvgIpc) is 3.09. The predicted octanol–water partition coefficient (Wildman–Crippen LogP) is 3.55. The van der Waals surface area contributed by atoms with Crippen LogP contribution in [-0.2, 0) is 4.79 Å². The molecule has 2 heterocycles. The summed E-state index contributed by atoms with van der Waals surface area (Å²) < 4.78 is 14.0. The summed E-state index contributed by atoms with van der Waals surface area (Å²) in [5, 5.41) is 0. The highest BCUT2D eigenvalue weighted by Crippen LogP contribution is 2.39. The first kappa shape index (κ1) is 14.2. The number of para-hydroxylation sites is 2. The van der Waals surface area contributed by atoms with Gasteiger partial charge in [0.1, 0.15) is 11.9 Å². The molecule has 4 heteroatoms. The number of anilines is 2. The van der Waals surface area contributed by atoms with Crippen molar-refractivity contribution in [2.75, 3.05) is 22.9 Å². The zero-order valence-electron chi connectivity index (χ0n) is 13.1. The van der Waals surface area contributed by atoms with Crippen LogP contribution in [0.25, 0.3) is 0 Å². The number of amides is 1. The third-order valence-electron chi connectivity index (χ3n) is 4.94. The van der Waals surface area contributed by atoms with Gasteiger partial charge in [-0.25, -0.2) is 4.39 Å². The van der Waals surface area contributed by atoms with Gasteiger partial charge in [-0.3, -0.25) is 4.79 Å². The maximum Gasteiger partial charge on any atom is 0.249 e. The van der Waals surface area contributed by atoms with Gasteiger partial charge in [-0.15, -0.1) is 0 Å². The van der Waals surface area contributed by atoms with E-state index >= 15 is 0 Å². The van der Waals surface area contributed by atoms with Crippen molar-refractivity contribution in [1.82, 2.24) is 0 Å². The minimum Gasteiger partial charge on any atom is -0.359 e. The normalized spacial score (nSPS) is 23.5. The maximum absolute atomic E-state index is 14.0. The molecule has 2 unspecified atom stereocenters. The number of halogens is 1. The molecule has 23 heavy (non-hydrogen) atoms. The van der Waals surface area contributed by atoms with Crippen LogP contribution in [0, 0.1) is 5.82 Å². The zero-order chi connectivity index (χ0) is 16.0. The first-order valence-electron chi connectivity index (χ1n) is 8.08. The van der Waals surface area contributed by atoms with Crippen molar-refractivity contribution >= 4 is 17.3 Å². The second-order valence-electron chi connectivity index (χ2n) is 6.36. The van der Waals surface area contributed by atoms with Gasteiger partial charge in [0.05, 0.1) is 5.69 Å². The maximum atomic E-state index is 14.0. The highest BCUT2D eigenvalue weighted by molar-refractivity contribution is 6.01. The van der Waals surface area contributed by atoms with E-state index in [1.165, 1.54) is 11.6 Å². The molecule has 3 nitrogen and oxygen atoms in total. The van der Waals surface area contributed by atoms with Gasteiger partial charge in [-0.1, -0.05) is 37.3 Å². The average molecular weight is 310 g/mol. The van der Waals surface area contributed by atoms with E-state index in [4.69, 9.17) is 0 Å². The van der Waals surface area contributed by atoms with E-state index in [9.17, 15) is 9.18 Å². The van der Waals surface area contributed by atoms with Gasteiger partial charge in [0.2, 0.25) is 5.91 Å². The van der Waals surface area contributed by atoms with Crippen molar-refractivity contribution < 1.29 is 9.18 Å². The Morgan fingerprint density at radius 3 is 2.52 bits per heavy atom. The van der Waals surface area contributed by atoms with Crippen molar-refractivity contribution in [1.29, 1.82) is 0 Å². The first-order chi connectivity index (χ1) is 11.2. The van der Waals surface area contributed by atoms with Crippen molar-refractivity contribution in [3.05, 3.63) is 59.9 Å². The van der Waals surface area contributed by atoms with Crippen LogP contribution in [0.1, 0.15) is 24.8 Å². The fraction of sp³-hybridized carbons (Fsp3) is 0.316. The number of rotatable bonds is 2. The first-order valence-corrected chi connectivity index (χ1v) is 8.08. The van der Waals surface area contributed by atoms with E-state index in [1.807, 2.05) is 12.1 Å². The standard InChI is InChI=1S/C19H19FN2O/c1-13-12-22(16-8-4-2-6-14(13)16)18-10-11-21(19(18)23)17-9-5-3-7-15(17)20/h2-9,13,18H,10-12H2,1H3. The molecule has 118 valence electrons. The molecule has 0 N–H and O–H groups in total. The number of fused-ring (bicyclic) bond motifs is 1. The van der Waals surface area contributed by atoms with Crippen LogP contribution in [0.3, 0.4) is 0 Å². The second kappa shape index (κ2) is 5.37. The highest BCUT2D eigenvalue weighted by Gasteiger charge is 2.41. The molecule has 2 aromatic carbocycles. The molecule has 1 amide bonds. The van der Waals surface area contributed by atoms with Crippen LogP contribution in [0.5, 0.6) is 0 Å². The number of hydrogen-bond donors (Lipinski definition) is 0. The summed E-state index contributed by atoms with van der Waals surface area (Å²) in [4.78, 5) is 16.7. The number of benzene rings is 2. The highest BCUT2D eigenvalue weighted by atomic mass is 19.1. The van der Waals surface area contributed by atoms with Crippen LogP contribution >= 0.6 is 0 Å². The number of hydrogen-bond acceptors (Lipinski definition) is 2. The fourth-order valence-electron chi connectivity index (χ4n) is 3.82. The molecule has 4 rings (SSSR count). The topological polar surface area (TPSA) is 23.6 Å². The van der Waals surface area contributed by atoms with Gasteiger partial charge in [0, 0.05) is 24.7 Å². The Balaban J connectivity index is 1.64. The Morgan fingerprint density at radius 2 is 1.74 bits per heavy atom. The Hall–Kier alpha value is -2.36. The van der Waals surface area contributed by atoms with Gasteiger partial charge in [0.15, 0.2) is 0 Å². The van der Waals surface area contributed by atoms with Crippen LogP contribution in [-0.4, -0.2) is 25.0 Å². The Labute approximate surface area is 135 Å². The summed E-state index contributed by atoms with van der Waals surface area (Å²) in [7, 11) is 0. The molecule has 0 spiro atoms. The molecule has 0 bridgehead atoms. The summed E-state index contributed by atoms with van der Waals surface area (Å²) in [6.45, 7) is 3.60. The second-order valence-corrected chi connectivity index (χ2v) is 6.36. The summed E-state index contributed by atoms with van der Waals surface area (Å²) in [6.07, 6.45) is 0.730. The number of carbonyl (C=O) groups excluding carboxylic acids is 1. The lowest BCUT2D eigenvalue weighted by Gasteiger charge is -2.26. The van der Waals surface area contributed by atoms with Crippen molar-refractivity contribution in [3.8, 4) is 0 Å². The molecule has 2 aromatic rings. The minimum absolute atomic E-state index is 0.000923. The lowest BCUT2D eigenvalue weighted by Crippen LogP contribution is -2.41. The van der Waals surface area contributed by atoms with Crippen molar-refractivity contribution in [2.24, 2.45) is 0 Å². The third kappa shape index (κ3) is 2.21. The zero-order valence-corrected chi connectivity index (χ0v) is 13.1.